The quantitative estimate of drug-likeness (QED) is 0.620. The summed E-state index contributed by atoms with van der Waals surface area (Å²) < 4.78 is 18.3. The van der Waals surface area contributed by atoms with E-state index < -0.39 is 11.6 Å². The van der Waals surface area contributed by atoms with Crippen molar-refractivity contribution in [3.63, 3.8) is 0 Å². The molecule has 2 aromatic rings. The molecule has 0 bridgehead atoms. The van der Waals surface area contributed by atoms with Gasteiger partial charge < -0.3 is 15.0 Å². The van der Waals surface area contributed by atoms with Crippen LogP contribution in [0, 0.1) is 5.82 Å². The first kappa shape index (κ1) is 24.7. The highest BCUT2D eigenvalue weighted by molar-refractivity contribution is 7.99. The van der Waals surface area contributed by atoms with Crippen LogP contribution in [0.1, 0.15) is 38.8 Å². The van der Waals surface area contributed by atoms with Gasteiger partial charge in [0, 0.05) is 17.8 Å². The number of thioether (sulfide) groups is 1. The minimum atomic E-state index is -0.625. The van der Waals surface area contributed by atoms with Crippen molar-refractivity contribution >= 4 is 23.6 Å². The van der Waals surface area contributed by atoms with E-state index in [2.05, 4.69) is 5.32 Å². The van der Waals surface area contributed by atoms with Crippen molar-refractivity contribution in [2.24, 2.45) is 0 Å². The topological polar surface area (TPSA) is 58.6 Å². The lowest BCUT2D eigenvalue weighted by Gasteiger charge is -2.31. The van der Waals surface area contributed by atoms with Crippen LogP contribution in [0.4, 0.5) is 4.39 Å². The second-order valence-electron chi connectivity index (χ2n) is 8.40. The molecule has 1 N–H and O–H groups in total. The maximum atomic E-state index is 13.1. The fourth-order valence-electron chi connectivity index (χ4n) is 2.90. The van der Waals surface area contributed by atoms with Crippen molar-refractivity contribution in [3.05, 3.63) is 65.5 Å². The fraction of sp³-hybridized carbons (Fsp3) is 0.417. The highest BCUT2D eigenvalue weighted by atomic mass is 32.2. The normalized spacial score (nSPS) is 12.2. The molecule has 0 radical (unpaired) electrons. The number of carbonyl (C=O) groups is 2. The van der Waals surface area contributed by atoms with Gasteiger partial charge in [-0.2, -0.15) is 0 Å². The number of carbonyl (C=O) groups excluding carboxylic acids is 2. The number of amides is 2. The molecule has 0 saturated carbocycles. The summed E-state index contributed by atoms with van der Waals surface area (Å²) in [6.45, 7) is 7.79. The van der Waals surface area contributed by atoms with Gasteiger partial charge in [0.2, 0.25) is 11.8 Å². The Kier molecular flexibility index (Phi) is 8.92. The van der Waals surface area contributed by atoms with E-state index in [0.717, 1.165) is 16.9 Å². The van der Waals surface area contributed by atoms with Gasteiger partial charge in [0.05, 0.1) is 12.9 Å². The molecule has 0 aliphatic heterocycles. The molecular weight excluding hydrogens is 415 g/mol. The summed E-state index contributed by atoms with van der Waals surface area (Å²) in [5.41, 5.74) is 1.46. The van der Waals surface area contributed by atoms with E-state index in [1.54, 1.807) is 31.1 Å². The molecule has 2 aromatic carbocycles. The Morgan fingerprint density at radius 2 is 1.65 bits per heavy atom. The molecule has 2 rings (SSSR count). The zero-order chi connectivity index (χ0) is 23.0. The van der Waals surface area contributed by atoms with Crippen LogP contribution in [0.5, 0.6) is 5.75 Å². The summed E-state index contributed by atoms with van der Waals surface area (Å²) >= 11 is 1.44. The number of methoxy groups -OCH3 is 1. The minimum absolute atomic E-state index is 0.125. The summed E-state index contributed by atoms with van der Waals surface area (Å²) in [4.78, 5) is 27.4. The van der Waals surface area contributed by atoms with Gasteiger partial charge in [-0.25, -0.2) is 4.39 Å². The molecule has 168 valence electrons. The number of hydrogen-bond donors (Lipinski definition) is 1. The fourth-order valence-corrected chi connectivity index (χ4v) is 3.77. The molecule has 0 heterocycles. The van der Waals surface area contributed by atoms with Crippen LogP contribution in [0.2, 0.25) is 0 Å². The van der Waals surface area contributed by atoms with E-state index in [0.29, 0.717) is 12.3 Å². The summed E-state index contributed by atoms with van der Waals surface area (Å²) in [6, 6.07) is 13.1. The van der Waals surface area contributed by atoms with Crippen LogP contribution in [0.3, 0.4) is 0 Å². The second-order valence-corrected chi connectivity index (χ2v) is 9.39. The van der Waals surface area contributed by atoms with E-state index in [9.17, 15) is 14.0 Å². The van der Waals surface area contributed by atoms with Crippen molar-refractivity contribution in [1.29, 1.82) is 0 Å². The van der Waals surface area contributed by atoms with Gasteiger partial charge in [0.25, 0.3) is 0 Å². The van der Waals surface area contributed by atoms with Gasteiger partial charge >= 0.3 is 0 Å². The minimum Gasteiger partial charge on any atom is -0.497 e. The van der Waals surface area contributed by atoms with Gasteiger partial charge in [-0.3, -0.25) is 9.59 Å². The molecule has 2 amide bonds. The van der Waals surface area contributed by atoms with Crippen LogP contribution in [-0.2, 0) is 21.9 Å². The molecule has 1 unspecified atom stereocenters. The predicted octanol–water partition coefficient (Wildman–Crippen LogP) is 4.40. The maximum absolute atomic E-state index is 13.1. The summed E-state index contributed by atoms with van der Waals surface area (Å²) in [5.74, 6) is 0.938. The van der Waals surface area contributed by atoms with Crippen molar-refractivity contribution in [1.82, 2.24) is 10.2 Å². The first-order valence-corrected chi connectivity index (χ1v) is 11.3. The third kappa shape index (κ3) is 8.25. The van der Waals surface area contributed by atoms with Crippen molar-refractivity contribution < 1.29 is 18.7 Å². The molecule has 0 saturated heterocycles. The number of halogens is 1. The maximum Gasteiger partial charge on any atom is 0.242 e. The summed E-state index contributed by atoms with van der Waals surface area (Å²) in [5, 5.41) is 2.95. The summed E-state index contributed by atoms with van der Waals surface area (Å²) in [7, 11) is 1.60. The molecule has 0 spiro atoms. The zero-order valence-electron chi connectivity index (χ0n) is 18.8. The number of benzene rings is 2. The van der Waals surface area contributed by atoms with Crippen molar-refractivity contribution in [2.45, 2.75) is 51.6 Å². The lowest BCUT2D eigenvalue weighted by atomic mass is 10.1. The predicted molar refractivity (Wildman–Crippen MR) is 123 cm³/mol. The Bertz CT molecular complexity index is 864. The SMILES string of the molecule is COc1ccc(CN(C(=O)CSCc2ccc(F)cc2)C(C)C(=O)NC(C)(C)C)cc1. The van der Waals surface area contributed by atoms with E-state index >= 15 is 0 Å². The third-order valence-electron chi connectivity index (χ3n) is 4.58. The molecule has 0 aliphatic rings. The Hall–Kier alpha value is -2.54. The smallest absolute Gasteiger partial charge is 0.242 e. The average molecular weight is 447 g/mol. The molecule has 0 aromatic heterocycles. The molecule has 7 heteroatoms. The Labute approximate surface area is 188 Å². The largest absolute Gasteiger partial charge is 0.497 e. The van der Waals surface area contributed by atoms with Crippen LogP contribution in [-0.4, -0.2) is 41.2 Å². The average Bonchev–Trinajstić information content (AvgIpc) is 2.72. The molecule has 0 aliphatic carbocycles. The lowest BCUT2D eigenvalue weighted by molar-refractivity contribution is -0.139. The summed E-state index contributed by atoms with van der Waals surface area (Å²) in [6.07, 6.45) is 0. The van der Waals surface area contributed by atoms with Crippen molar-refractivity contribution in [2.75, 3.05) is 12.9 Å². The van der Waals surface area contributed by atoms with E-state index in [-0.39, 0.29) is 23.4 Å². The molecule has 31 heavy (non-hydrogen) atoms. The van der Waals surface area contributed by atoms with E-state index in [1.165, 1.54) is 23.9 Å². The Morgan fingerprint density at radius 1 is 1.06 bits per heavy atom. The Morgan fingerprint density at radius 3 is 2.19 bits per heavy atom. The van der Waals surface area contributed by atoms with Gasteiger partial charge in [-0.15, -0.1) is 11.8 Å². The van der Waals surface area contributed by atoms with Crippen LogP contribution < -0.4 is 10.1 Å². The Balaban J connectivity index is 2.09. The number of ether oxygens (including phenoxy) is 1. The second kappa shape index (κ2) is 11.2. The molecule has 1 atom stereocenters. The number of hydrogen-bond acceptors (Lipinski definition) is 4. The zero-order valence-corrected chi connectivity index (χ0v) is 19.6. The van der Waals surface area contributed by atoms with Gasteiger partial charge in [-0.05, 0) is 63.1 Å². The molecule has 5 nitrogen and oxygen atoms in total. The van der Waals surface area contributed by atoms with Crippen LogP contribution >= 0.6 is 11.8 Å². The number of nitrogens with one attached hydrogen (secondary N) is 1. The highest BCUT2D eigenvalue weighted by Gasteiger charge is 2.28. The standard InChI is InChI=1S/C24H31FN2O3S/c1-17(23(29)26-24(2,3)4)27(14-18-8-12-21(30-5)13-9-18)22(28)16-31-15-19-6-10-20(25)11-7-19/h6-13,17H,14-16H2,1-5H3,(H,26,29). The van der Waals surface area contributed by atoms with Crippen molar-refractivity contribution in [3.8, 4) is 5.75 Å². The van der Waals surface area contributed by atoms with Gasteiger partial charge in [0.15, 0.2) is 0 Å². The number of nitrogens with zero attached hydrogens (tertiary/aromatic N) is 1. The third-order valence-corrected chi connectivity index (χ3v) is 5.57. The first-order chi connectivity index (χ1) is 14.6. The molecule has 0 fully saturated rings. The lowest BCUT2D eigenvalue weighted by Crippen LogP contribution is -2.52. The highest BCUT2D eigenvalue weighted by Crippen LogP contribution is 2.18. The van der Waals surface area contributed by atoms with E-state index in [1.807, 2.05) is 45.0 Å². The molecular formula is C24H31FN2O3S. The van der Waals surface area contributed by atoms with Crippen LogP contribution in [0.15, 0.2) is 48.5 Å². The van der Waals surface area contributed by atoms with Gasteiger partial charge in [-0.1, -0.05) is 24.3 Å². The monoisotopic (exact) mass is 446 g/mol. The van der Waals surface area contributed by atoms with Gasteiger partial charge in [0.1, 0.15) is 17.6 Å². The van der Waals surface area contributed by atoms with Crippen LogP contribution in [0.25, 0.3) is 0 Å². The number of rotatable bonds is 9. The first-order valence-electron chi connectivity index (χ1n) is 10.2. The van der Waals surface area contributed by atoms with E-state index in [4.69, 9.17) is 4.74 Å².